The van der Waals surface area contributed by atoms with Crippen LogP contribution in [0.15, 0.2) is 30.3 Å². The van der Waals surface area contributed by atoms with Gasteiger partial charge < -0.3 is 10.6 Å². The SMILES string of the molecule is CC(CNC(=O)C1(C)CCCN1)c1ccccc1. The summed E-state index contributed by atoms with van der Waals surface area (Å²) in [5.74, 6) is 0.475. The quantitative estimate of drug-likeness (QED) is 0.853. The van der Waals surface area contributed by atoms with Gasteiger partial charge in [-0.05, 0) is 37.8 Å². The predicted molar refractivity (Wildman–Crippen MR) is 73.5 cm³/mol. The lowest BCUT2D eigenvalue weighted by Crippen LogP contribution is -2.51. The molecule has 1 amide bonds. The summed E-state index contributed by atoms with van der Waals surface area (Å²) in [6, 6.07) is 10.3. The third-order valence-corrected chi connectivity index (χ3v) is 3.81. The molecule has 2 unspecified atom stereocenters. The van der Waals surface area contributed by atoms with Crippen LogP contribution in [0.3, 0.4) is 0 Å². The Morgan fingerprint density at radius 2 is 2.17 bits per heavy atom. The first-order valence-corrected chi connectivity index (χ1v) is 6.70. The second-order valence-electron chi connectivity index (χ2n) is 5.38. The van der Waals surface area contributed by atoms with Crippen LogP contribution in [0.4, 0.5) is 0 Å². The largest absolute Gasteiger partial charge is 0.354 e. The molecular weight excluding hydrogens is 224 g/mol. The monoisotopic (exact) mass is 246 g/mol. The number of carbonyl (C=O) groups excluding carboxylic acids is 1. The van der Waals surface area contributed by atoms with Gasteiger partial charge in [-0.3, -0.25) is 4.79 Å². The van der Waals surface area contributed by atoms with Crippen LogP contribution >= 0.6 is 0 Å². The second kappa shape index (κ2) is 5.53. The fourth-order valence-electron chi connectivity index (χ4n) is 2.43. The third-order valence-electron chi connectivity index (χ3n) is 3.81. The van der Waals surface area contributed by atoms with E-state index < -0.39 is 0 Å². The van der Waals surface area contributed by atoms with Crippen molar-refractivity contribution in [2.75, 3.05) is 13.1 Å². The van der Waals surface area contributed by atoms with Crippen molar-refractivity contribution >= 4 is 5.91 Å². The second-order valence-corrected chi connectivity index (χ2v) is 5.38. The minimum absolute atomic E-state index is 0.128. The maximum atomic E-state index is 12.1. The van der Waals surface area contributed by atoms with Gasteiger partial charge in [0.05, 0.1) is 5.54 Å². The van der Waals surface area contributed by atoms with Gasteiger partial charge in [0, 0.05) is 6.54 Å². The van der Waals surface area contributed by atoms with E-state index in [-0.39, 0.29) is 11.4 Å². The van der Waals surface area contributed by atoms with Crippen molar-refractivity contribution in [2.24, 2.45) is 0 Å². The van der Waals surface area contributed by atoms with Gasteiger partial charge in [-0.15, -0.1) is 0 Å². The van der Waals surface area contributed by atoms with Gasteiger partial charge in [0.25, 0.3) is 0 Å². The van der Waals surface area contributed by atoms with E-state index in [1.807, 2.05) is 25.1 Å². The van der Waals surface area contributed by atoms with Crippen LogP contribution in [0.2, 0.25) is 0 Å². The summed E-state index contributed by atoms with van der Waals surface area (Å²) in [7, 11) is 0. The number of hydrogen-bond acceptors (Lipinski definition) is 2. The molecule has 0 spiro atoms. The van der Waals surface area contributed by atoms with Gasteiger partial charge in [-0.25, -0.2) is 0 Å². The zero-order chi connectivity index (χ0) is 13.0. The Balaban J connectivity index is 1.86. The molecule has 2 rings (SSSR count). The molecule has 1 aliphatic heterocycles. The van der Waals surface area contributed by atoms with Crippen molar-refractivity contribution in [2.45, 2.75) is 38.1 Å². The van der Waals surface area contributed by atoms with Crippen molar-refractivity contribution in [3.63, 3.8) is 0 Å². The molecule has 98 valence electrons. The summed E-state index contributed by atoms with van der Waals surface area (Å²) in [4.78, 5) is 12.1. The summed E-state index contributed by atoms with van der Waals surface area (Å²) >= 11 is 0. The summed E-state index contributed by atoms with van der Waals surface area (Å²) in [6.45, 7) is 5.76. The van der Waals surface area contributed by atoms with Crippen LogP contribution in [0.5, 0.6) is 0 Å². The predicted octanol–water partition coefficient (Wildman–Crippen LogP) is 2.05. The fraction of sp³-hybridized carbons (Fsp3) is 0.533. The Hall–Kier alpha value is -1.35. The highest BCUT2D eigenvalue weighted by Gasteiger charge is 2.35. The zero-order valence-electron chi connectivity index (χ0n) is 11.2. The van der Waals surface area contributed by atoms with Crippen LogP contribution in [-0.4, -0.2) is 24.5 Å². The van der Waals surface area contributed by atoms with Gasteiger partial charge in [0.1, 0.15) is 0 Å². The Bertz CT molecular complexity index is 396. The molecular formula is C15H22N2O. The lowest BCUT2D eigenvalue weighted by atomic mass is 9.97. The first kappa shape index (κ1) is 13.1. The molecule has 2 N–H and O–H groups in total. The van der Waals surface area contributed by atoms with E-state index in [0.29, 0.717) is 12.5 Å². The van der Waals surface area contributed by atoms with Crippen LogP contribution in [0, 0.1) is 0 Å². The molecule has 1 aromatic rings. The van der Waals surface area contributed by atoms with Gasteiger partial charge in [-0.1, -0.05) is 37.3 Å². The summed E-state index contributed by atoms with van der Waals surface area (Å²) < 4.78 is 0. The zero-order valence-corrected chi connectivity index (χ0v) is 11.2. The number of hydrogen-bond donors (Lipinski definition) is 2. The van der Waals surface area contributed by atoms with Crippen molar-refractivity contribution in [3.8, 4) is 0 Å². The Morgan fingerprint density at radius 1 is 1.44 bits per heavy atom. The Kier molecular flexibility index (Phi) is 4.02. The number of benzene rings is 1. The number of rotatable bonds is 4. The molecule has 18 heavy (non-hydrogen) atoms. The first-order valence-electron chi connectivity index (χ1n) is 6.70. The highest BCUT2D eigenvalue weighted by Crippen LogP contribution is 2.19. The maximum absolute atomic E-state index is 12.1. The van der Waals surface area contributed by atoms with Crippen molar-refractivity contribution < 1.29 is 4.79 Å². The average molecular weight is 246 g/mol. The molecule has 0 aromatic heterocycles. The molecule has 3 heteroatoms. The topological polar surface area (TPSA) is 41.1 Å². The lowest BCUT2D eigenvalue weighted by Gasteiger charge is -2.24. The van der Waals surface area contributed by atoms with Gasteiger partial charge in [0.15, 0.2) is 0 Å². The smallest absolute Gasteiger partial charge is 0.240 e. The summed E-state index contributed by atoms with van der Waals surface area (Å²) in [5.41, 5.74) is 0.901. The van der Waals surface area contributed by atoms with E-state index in [1.165, 1.54) is 5.56 Å². The minimum Gasteiger partial charge on any atom is -0.354 e. The molecule has 1 heterocycles. The summed E-state index contributed by atoms with van der Waals surface area (Å²) in [5, 5.41) is 6.35. The fourth-order valence-corrected chi connectivity index (χ4v) is 2.43. The molecule has 1 fully saturated rings. The van der Waals surface area contributed by atoms with Crippen LogP contribution < -0.4 is 10.6 Å². The Morgan fingerprint density at radius 3 is 2.78 bits per heavy atom. The van der Waals surface area contributed by atoms with E-state index in [1.54, 1.807) is 0 Å². The van der Waals surface area contributed by atoms with Gasteiger partial charge in [-0.2, -0.15) is 0 Å². The van der Waals surface area contributed by atoms with E-state index in [2.05, 4.69) is 29.7 Å². The molecule has 1 aromatic carbocycles. The molecule has 2 atom stereocenters. The molecule has 0 radical (unpaired) electrons. The Labute approximate surface area is 109 Å². The van der Waals surface area contributed by atoms with Crippen molar-refractivity contribution in [1.82, 2.24) is 10.6 Å². The van der Waals surface area contributed by atoms with Crippen molar-refractivity contribution in [3.05, 3.63) is 35.9 Å². The molecule has 0 saturated carbocycles. The molecule has 1 saturated heterocycles. The third kappa shape index (κ3) is 2.91. The normalized spacial score (nSPS) is 24.8. The number of amides is 1. The minimum atomic E-state index is -0.365. The molecule has 1 aliphatic rings. The van der Waals surface area contributed by atoms with Gasteiger partial charge >= 0.3 is 0 Å². The molecule has 0 bridgehead atoms. The van der Waals surface area contributed by atoms with Gasteiger partial charge in [0.2, 0.25) is 5.91 Å². The highest BCUT2D eigenvalue weighted by molar-refractivity contribution is 5.86. The molecule has 0 aliphatic carbocycles. The number of nitrogens with one attached hydrogen (secondary N) is 2. The van der Waals surface area contributed by atoms with E-state index in [4.69, 9.17) is 0 Å². The highest BCUT2D eigenvalue weighted by atomic mass is 16.2. The lowest BCUT2D eigenvalue weighted by molar-refractivity contribution is -0.126. The molecule has 3 nitrogen and oxygen atoms in total. The number of carbonyl (C=O) groups is 1. The van der Waals surface area contributed by atoms with E-state index in [9.17, 15) is 4.79 Å². The first-order chi connectivity index (χ1) is 8.62. The van der Waals surface area contributed by atoms with Crippen LogP contribution in [-0.2, 0) is 4.79 Å². The van der Waals surface area contributed by atoms with Crippen molar-refractivity contribution in [1.29, 1.82) is 0 Å². The summed E-state index contributed by atoms with van der Waals surface area (Å²) in [6.07, 6.45) is 2.01. The van der Waals surface area contributed by atoms with E-state index >= 15 is 0 Å². The standard InChI is InChI=1S/C15H22N2O/c1-12(13-7-4-3-5-8-13)11-16-14(18)15(2)9-6-10-17-15/h3-5,7-8,12,17H,6,9-11H2,1-2H3,(H,16,18). The maximum Gasteiger partial charge on any atom is 0.240 e. The average Bonchev–Trinajstić information content (AvgIpc) is 2.85. The van der Waals surface area contributed by atoms with E-state index in [0.717, 1.165) is 19.4 Å². The van der Waals surface area contributed by atoms with Crippen LogP contribution in [0.25, 0.3) is 0 Å². The van der Waals surface area contributed by atoms with Crippen LogP contribution in [0.1, 0.15) is 38.2 Å².